The number of ketones is 1. The van der Waals surface area contributed by atoms with E-state index in [4.69, 9.17) is 13.9 Å². The summed E-state index contributed by atoms with van der Waals surface area (Å²) in [7, 11) is 1.60. The van der Waals surface area contributed by atoms with Crippen molar-refractivity contribution < 1.29 is 41.8 Å². The van der Waals surface area contributed by atoms with Gasteiger partial charge in [-0.3, -0.25) is 9.79 Å². The van der Waals surface area contributed by atoms with Crippen LogP contribution in [0, 0.1) is 6.92 Å². The SMILES string of the molecule is CCC(CC(=O)c1ccc(C(F)(F)F)cc1)=N[C@@H](Cc1ccc(OCCc2nc(-c3ccc(OC)cc3)oc2C)cc1)C(=O)O. The van der Waals surface area contributed by atoms with Gasteiger partial charge in [0.2, 0.25) is 5.89 Å². The van der Waals surface area contributed by atoms with Crippen molar-refractivity contribution in [3.8, 4) is 23.0 Å². The van der Waals surface area contributed by atoms with E-state index in [0.717, 1.165) is 41.3 Å². The lowest BCUT2D eigenvalue weighted by molar-refractivity contribution is -0.139. The van der Waals surface area contributed by atoms with Crippen LogP contribution in [0.5, 0.6) is 11.5 Å². The van der Waals surface area contributed by atoms with E-state index in [1.807, 2.05) is 31.2 Å². The van der Waals surface area contributed by atoms with Crippen molar-refractivity contribution in [1.29, 1.82) is 0 Å². The minimum Gasteiger partial charge on any atom is -0.497 e. The number of alkyl halides is 3. The summed E-state index contributed by atoms with van der Waals surface area (Å²) < 4.78 is 55.4. The third-order valence-corrected chi connectivity index (χ3v) is 7.12. The van der Waals surface area contributed by atoms with Crippen LogP contribution in [0.4, 0.5) is 13.2 Å². The number of Topliss-reactive ketones (excluding diaryl/α,β-unsaturated/α-hetero) is 1. The Morgan fingerprint density at radius 1 is 0.978 bits per heavy atom. The van der Waals surface area contributed by atoms with Crippen LogP contribution in [0.2, 0.25) is 0 Å². The van der Waals surface area contributed by atoms with Crippen molar-refractivity contribution in [1.82, 2.24) is 4.98 Å². The number of nitrogens with zero attached hydrogens (tertiary/aromatic N) is 2. The molecular formula is C34H33F3N2O6. The second-order valence-electron chi connectivity index (χ2n) is 10.3. The molecule has 11 heteroatoms. The summed E-state index contributed by atoms with van der Waals surface area (Å²) in [6.07, 6.45) is -3.77. The quantitative estimate of drug-likeness (QED) is 0.115. The monoisotopic (exact) mass is 622 g/mol. The van der Waals surface area contributed by atoms with Gasteiger partial charge >= 0.3 is 12.1 Å². The number of aliphatic imine (C=N–C) groups is 1. The fraction of sp³-hybridized carbons (Fsp3) is 0.294. The second-order valence-corrected chi connectivity index (χ2v) is 10.3. The lowest BCUT2D eigenvalue weighted by atomic mass is 10.0. The van der Waals surface area contributed by atoms with Crippen LogP contribution in [0.25, 0.3) is 11.5 Å². The zero-order chi connectivity index (χ0) is 32.6. The molecule has 45 heavy (non-hydrogen) atoms. The number of carbonyl (C=O) groups is 2. The molecule has 0 aliphatic carbocycles. The van der Waals surface area contributed by atoms with Crippen LogP contribution >= 0.6 is 0 Å². The molecule has 1 N–H and O–H groups in total. The van der Waals surface area contributed by atoms with Crippen molar-refractivity contribution in [2.75, 3.05) is 13.7 Å². The van der Waals surface area contributed by atoms with E-state index >= 15 is 0 Å². The van der Waals surface area contributed by atoms with Crippen molar-refractivity contribution in [3.05, 3.63) is 101 Å². The molecule has 0 radical (unpaired) electrons. The summed E-state index contributed by atoms with van der Waals surface area (Å²) in [5.41, 5.74) is 1.92. The predicted octanol–water partition coefficient (Wildman–Crippen LogP) is 7.42. The van der Waals surface area contributed by atoms with Gasteiger partial charge in [0, 0.05) is 36.1 Å². The first-order chi connectivity index (χ1) is 21.5. The standard InChI is InChI=1S/C34H33F3N2O6/c1-4-26(20-31(40)23-7-11-25(12-8-23)34(35,36)37)38-30(33(41)42)19-22-5-13-28(14-6-22)44-18-17-29-21(2)45-32(39-29)24-9-15-27(43-3)16-10-24/h5-16,30H,4,17-20H2,1-3H3,(H,41,42)/t30-/m0/s1. The molecule has 1 heterocycles. The summed E-state index contributed by atoms with van der Waals surface area (Å²) in [4.78, 5) is 33.6. The summed E-state index contributed by atoms with van der Waals surface area (Å²) in [5.74, 6) is 0.966. The van der Waals surface area contributed by atoms with E-state index in [2.05, 4.69) is 9.98 Å². The molecule has 0 fully saturated rings. The van der Waals surface area contributed by atoms with Gasteiger partial charge in [-0.2, -0.15) is 13.2 Å². The summed E-state index contributed by atoms with van der Waals surface area (Å²) in [6.45, 7) is 3.94. The summed E-state index contributed by atoms with van der Waals surface area (Å²) in [5, 5.41) is 9.79. The van der Waals surface area contributed by atoms with E-state index in [1.165, 1.54) is 0 Å². The predicted molar refractivity (Wildman–Crippen MR) is 162 cm³/mol. The van der Waals surface area contributed by atoms with Crippen molar-refractivity contribution in [3.63, 3.8) is 0 Å². The third-order valence-electron chi connectivity index (χ3n) is 7.12. The van der Waals surface area contributed by atoms with Crippen molar-refractivity contribution in [2.45, 2.75) is 51.7 Å². The molecule has 0 amide bonds. The molecule has 0 saturated heterocycles. The number of aromatic nitrogens is 1. The maximum atomic E-state index is 12.8. The Labute approximate surface area is 258 Å². The van der Waals surface area contributed by atoms with Gasteiger partial charge < -0.3 is 19.0 Å². The molecule has 0 aliphatic heterocycles. The molecule has 4 aromatic rings. The number of hydrogen-bond donors (Lipinski definition) is 1. The van der Waals surface area contributed by atoms with Gasteiger partial charge in [-0.25, -0.2) is 9.78 Å². The molecule has 0 aliphatic rings. The van der Waals surface area contributed by atoms with Gasteiger partial charge in [-0.15, -0.1) is 0 Å². The lowest BCUT2D eigenvalue weighted by Gasteiger charge is -2.12. The highest BCUT2D eigenvalue weighted by Crippen LogP contribution is 2.29. The molecule has 0 unspecified atom stereocenters. The van der Waals surface area contributed by atoms with Gasteiger partial charge in [-0.1, -0.05) is 31.2 Å². The second kappa shape index (κ2) is 14.7. The molecule has 0 saturated carbocycles. The Balaban J connectivity index is 1.32. The van der Waals surface area contributed by atoms with Gasteiger partial charge in [0.25, 0.3) is 0 Å². The Morgan fingerprint density at radius 3 is 2.20 bits per heavy atom. The topological polar surface area (TPSA) is 111 Å². The first-order valence-electron chi connectivity index (χ1n) is 14.3. The zero-order valence-corrected chi connectivity index (χ0v) is 25.1. The van der Waals surface area contributed by atoms with Gasteiger partial charge in [0.05, 0.1) is 25.0 Å². The van der Waals surface area contributed by atoms with Gasteiger partial charge in [-0.05, 0) is 67.4 Å². The first kappa shape index (κ1) is 33.0. The largest absolute Gasteiger partial charge is 0.497 e. The van der Waals surface area contributed by atoms with Crippen LogP contribution in [0.15, 0.2) is 82.2 Å². The third kappa shape index (κ3) is 9.04. The lowest BCUT2D eigenvalue weighted by Crippen LogP contribution is -2.23. The van der Waals surface area contributed by atoms with Crippen molar-refractivity contribution >= 4 is 17.5 Å². The smallest absolute Gasteiger partial charge is 0.416 e. The number of carboxylic acids is 1. The highest BCUT2D eigenvalue weighted by molar-refractivity contribution is 6.10. The minimum absolute atomic E-state index is 0.0832. The Bertz CT molecular complexity index is 1630. The molecule has 4 rings (SSSR count). The number of aryl methyl sites for hydroxylation is 1. The van der Waals surface area contributed by atoms with Crippen molar-refractivity contribution in [2.24, 2.45) is 4.99 Å². The number of hydrogen-bond acceptors (Lipinski definition) is 7. The highest BCUT2D eigenvalue weighted by atomic mass is 19.4. The molecule has 1 aromatic heterocycles. The fourth-order valence-electron chi connectivity index (χ4n) is 4.53. The molecule has 0 bridgehead atoms. The van der Waals surface area contributed by atoms with Crippen LogP contribution in [0.3, 0.4) is 0 Å². The van der Waals surface area contributed by atoms with Crippen LogP contribution in [-0.4, -0.2) is 47.3 Å². The number of carbonyl (C=O) groups excluding carboxylic acids is 1. The first-order valence-corrected chi connectivity index (χ1v) is 14.3. The number of benzene rings is 3. The molecular weight excluding hydrogens is 589 g/mol. The van der Waals surface area contributed by atoms with E-state index in [1.54, 1.807) is 38.3 Å². The minimum atomic E-state index is -4.50. The number of carboxylic acid groups (broad SMARTS) is 1. The molecule has 1 atom stereocenters. The van der Waals surface area contributed by atoms with Crippen LogP contribution in [-0.2, 0) is 23.8 Å². The number of ether oxygens (including phenoxy) is 2. The summed E-state index contributed by atoms with van der Waals surface area (Å²) >= 11 is 0. The average molecular weight is 623 g/mol. The molecule has 8 nitrogen and oxygen atoms in total. The maximum absolute atomic E-state index is 12.8. The van der Waals surface area contributed by atoms with E-state index in [-0.39, 0.29) is 18.4 Å². The average Bonchev–Trinajstić information content (AvgIpc) is 3.40. The fourth-order valence-corrected chi connectivity index (χ4v) is 4.53. The number of halogens is 3. The van der Waals surface area contributed by atoms with E-state index < -0.39 is 29.5 Å². The number of methoxy groups -OCH3 is 1. The van der Waals surface area contributed by atoms with Gasteiger partial charge in [0.1, 0.15) is 17.3 Å². The Hall–Kier alpha value is -4.93. The summed E-state index contributed by atoms with van der Waals surface area (Å²) in [6, 6.07) is 17.2. The van der Waals surface area contributed by atoms with Crippen LogP contribution < -0.4 is 9.47 Å². The van der Waals surface area contributed by atoms with E-state index in [0.29, 0.717) is 48.1 Å². The van der Waals surface area contributed by atoms with Crippen LogP contribution in [0.1, 0.15) is 52.7 Å². The van der Waals surface area contributed by atoms with Gasteiger partial charge in [0.15, 0.2) is 11.8 Å². The zero-order valence-electron chi connectivity index (χ0n) is 25.1. The Kier molecular flexibility index (Phi) is 10.8. The number of rotatable bonds is 14. The maximum Gasteiger partial charge on any atom is 0.416 e. The molecule has 3 aromatic carbocycles. The Morgan fingerprint density at radius 2 is 1.62 bits per heavy atom. The highest BCUT2D eigenvalue weighted by Gasteiger charge is 2.30. The number of oxazole rings is 1. The molecule has 236 valence electrons. The number of aliphatic carboxylic acids is 1. The van der Waals surface area contributed by atoms with E-state index in [9.17, 15) is 27.9 Å². The normalized spacial score (nSPS) is 12.5. The molecule has 0 spiro atoms.